The third-order valence-electron chi connectivity index (χ3n) is 8.18. The van der Waals surface area contributed by atoms with E-state index in [1.807, 2.05) is 12.1 Å². The molecule has 0 aliphatic carbocycles. The van der Waals surface area contributed by atoms with E-state index in [1.165, 1.54) is 50.3 Å². The Morgan fingerprint density at radius 3 is 0.957 bits per heavy atom. The van der Waals surface area contributed by atoms with Gasteiger partial charge in [-0.3, -0.25) is 0 Å². The molecule has 3 heteroatoms. The minimum Gasteiger partial charge on any atom is -0.479 e. The van der Waals surface area contributed by atoms with E-state index in [0.717, 1.165) is 5.56 Å². The zero-order valence-electron chi connectivity index (χ0n) is 30.0. The van der Waals surface area contributed by atoms with Crippen LogP contribution in [-0.4, -0.2) is 0 Å². The van der Waals surface area contributed by atoms with Gasteiger partial charge in [-0.2, -0.15) is 24.6 Å². The van der Waals surface area contributed by atoms with Gasteiger partial charge in [0.15, 0.2) is 0 Å². The Labute approximate surface area is 297 Å². The van der Waals surface area contributed by atoms with Gasteiger partial charge in [-0.15, -0.1) is 18.8 Å². The Balaban J connectivity index is 0.000000352. The molecule has 5 rings (SSSR count). The van der Waals surface area contributed by atoms with Gasteiger partial charge in [0, 0.05) is 33.8 Å². The fraction of sp³-hybridized carbons (Fsp3) is 0.349. The minimum absolute atomic E-state index is 0. The second-order valence-corrected chi connectivity index (χ2v) is 13.6. The average Bonchev–Trinajstić information content (AvgIpc) is 3.49. The third kappa shape index (κ3) is 10.7. The van der Waals surface area contributed by atoms with E-state index < -0.39 is 0 Å². The second kappa shape index (κ2) is 18.2. The van der Waals surface area contributed by atoms with Gasteiger partial charge in [-0.1, -0.05) is 133 Å². The number of anilines is 2. The first-order valence-corrected chi connectivity index (χ1v) is 16.6. The van der Waals surface area contributed by atoms with E-state index in [2.05, 4.69) is 185 Å². The Morgan fingerprint density at radius 2 is 0.717 bits per heavy atom. The molecule has 0 bridgehead atoms. The van der Waals surface area contributed by atoms with Crippen LogP contribution in [0.5, 0.6) is 0 Å². The maximum Gasteiger partial charge on any atom is 0.0195 e. The molecule has 0 spiro atoms. The van der Waals surface area contributed by atoms with Crippen molar-refractivity contribution in [2.45, 2.75) is 99.8 Å². The van der Waals surface area contributed by atoms with Gasteiger partial charge in [-0.25, -0.2) is 0 Å². The van der Waals surface area contributed by atoms with Crippen molar-refractivity contribution in [2.24, 2.45) is 0 Å². The molecule has 0 saturated heterocycles. The molecule has 1 heterocycles. The third-order valence-corrected chi connectivity index (χ3v) is 8.18. The molecular weight excluding hydrogens is 741 g/mol. The van der Waals surface area contributed by atoms with Crippen LogP contribution in [0, 0.1) is 34.4 Å². The molecule has 0 unspecified atom stereocenters. The Morgan fingerprint density at radius 1 is 0.457 bits per heavy atom. The van der Waals surface area contributed by atoms with E-state index in [0.29, 0.717) is 23.7 Å². The van der Waals surface area contributed by atoms with Gasteiger partial charge in [0.2, 0.25) is 0 Å². The standard InChI is InChI=1S/C27H37N2.C8H10.C8H9.Au/c1-18(2)22-11-9-12-23(19(3)4)26(22)28-15-16-29(17-28)27-24(20(5)6)13-10-14-25(27)21(7)8;2*1-7-3-5-8(2)6-4-7;/h9-21H,1-8H3;3-6H,1-2H3;3-6H,1H2,2H3;/q-1;;-1;. The number of rotatable bonds is 6. The first-order valence-electron chi connectivity index (χ1n) is 16.6. The SMILES string of the molecule is CC(C)c1cccc(C(C)C)c1N1C=CN(c2c(C(C)C)cccc2C(C)C)[CH-]1.Cc1ccc(C)cc1.[Au].[CH2-]c1ccc(C)cc1. The maximum absolute atomic E-state index is 3.76. The summed E-state index contributed by atoms with van der Waals surface area (Å²) in [4.78, 5) is 4.65. The molecule has 0 N–H and O–H groups in total. The summed E-state index contributed by atoms with van der Waals surface area (Å²) in [5.74, 6) is 1.92. The Kier molecular flexibility index (Phi) is 15.5. The number of aryl methyl sites for hydroxylation is 3. The Hall–Kier alpha value is -3.17. The van der Waals surface area contributed by atoms with Crippen molar-refractivity contribution in [1.82, 2.24) is 0 Å². The van der Waals surface area contributed by atoms with Crippen LogP contribution in [0.1, 0.15) is 124 Å². The molecule has 1 aliphatic rings. The van der Waals surface area contributed by atoms with Crippen LogP contribution >= 0.6 is 0 Å². The first kappa shape index (κ1) is 39.0. The van der Waals surface area contributed by atoms with Gasteiger partial charge in [0.05, 0.1) is 0 Å². The molecule has 0 fully saturated rings. The van der Waals surface area contributed by atoms with Crippen molar-refractivity contribution in [3.05, 3.63) is 155 Å². The number of nitrogens with zero attached hydrogens (tertiary/aromatic N) is 2. The van der Waals surface area contributed by atoms with Crippen LogP contribution in [0.25, 0.3) is 0 Å². The molecule has 1 radical (unpaired) electrons. The monoisotopic (exact) mass is 797 g/mol. The van der Waals surface area contributed by atoms with Crippen molar-refractivity contribution in [2.75, 3.05) is 9.80 Å². The number of para-hydroxylation sites is 2. The molecule has 1 aliphatic heterocycles. The molecule has 0 amide bonds. The van der Waals surface area contributed by atoms with Crippen molar-refractivity contribution in [3.8, 4) is 0 Å². The van der Waals surface area contributed by atoms with Crippen LogP contribution in [-0.2, 0) is 22.4 Å². The van der Waals surface area contributed by atoms with Gasteiger partial charge in [0.1, 0.15) is 0 Å². The van der Waals surface area contributed by atoms with E-state index in [4.69, 9.17) is 0 Å². The van der Waals surface area contributed by atoms with Crippen molar-refractivity contribution in [1.29, 1.82) is 0 Å². The largest absolute Gasteiger partial charge is 0.479 e. The number of hydrogen-bond donors (Lipinski definition) is 0. The van der Waals surface area contributed by atoms with Crippen LogP contribution in [0.4, 0.5) is 11.4 Å². The fourth-order valence-electron chi connectivity index (χ4n) is 5.46. The molecule has 0 saturated carbocycles. The summed E-state index contributed by atoms with van der Waals surface area (Å²) in [5, 5.41) is 0. The van der Waals surface area contributed by atoms with Gasteiger partial charge in [-0.05, 0) is 79.1 Å². The van der Waals surface area contributed by atoms with E-state index in [-0.39, 0.29) is 22.4 Å². The normalized spacial score (nSPS) is 12.2. The predicted molar refractivity (Wildman–Crippen MR) is 199 cm³/mol. The van der Waals surface area contributed by atoms with E-state index >= 15 is 0 Å². The summed E-state index contributed by atoms with van der Waals surface area (Å²) in [6.07, 6.45) is 4.43. The molecule has 46 heavy (non-hydrogen) atoms. The zero-order valence-corrected chi connectivity index (χ0v) is 32.2. The van der Waals surface area contributed by atoms with Crippen LogP contribution in [0.2, 0.25) is 0 Å². The second-order valence-electron chi connectivity index (χ2n) is 13.6. The van der Waals surface area contributed by atoms with Crippen LogP contribution in [0.15, 0.2) is 97.3 Å². The average molecular weight is 798 g/mol. The molecule has 0 aromatic heterocycles. The molecule has 4 aromatic carbocycles. The summed E-state index contributed by atoms with van der Waals surface area (Å²) in [5.41, 5.74) is 13.3. The molecule has 0 atom stereocenters. The maximum atomic E-state index is 3.76. The number of hydrogen-bond acceptors (Lipinski definition) is 2. The molecule has 2 nitrogen and oxygen atoms in total. The molecular formula is C43H56AuN2-2. The van der Waals surface area contributed by atoms with Gasteiger partial charge >= 0.3 is 0 Å². The van der Waals surface area contributed by atoms with Crippen LogP contribution < -0.4 is 9.80 Å². The van der Waals surface area contributed by atoms with E-state index in [9.17, 15) is 0 Å². The Bertz CT molecular complexity index is 1300. The topological polar surface area (TPSA) is 6.48 Å². The van der Waals surface area contributed by atoms with Gasteiger partial charge in [0.25, 0.3) is 0 Å². The van der Waals surface area contributed by atoms with Crippen LogP contribution in [0.3, 0.4) is 0 Å². The van der Waals surface area contributed by atoms with Crippen molar-refractivity contribution >= 4 is 11.4 Å². The predicted octanol–water partition coefficient (Wildman–Crippen LogP) is 12.6. The van der Waals surface area contributed by atoms with E-state index in [1.54, 1.807) is 0 Å². The quantitative estimate of drug-likeness (QED) is 0.142. The molecule has 251 valence electrons. The fourth-order valence-corrected chi connectivity index (χ4v) is 5.46. The summed E-state index contributed by atoms with van der Waals surface area (Å²) in [6.45, 7) is 30.6. The summed E-state index contributed by atoms with van der Waals surface area (Å²) in [7, 11) is 0. The van der Waals surface area contributed by atoms with Gasteiger partial charge < -0.3 is 9.80 Å². The number of benzene rings is 4. The summed E-state index contributed by atoms with van der Waals surface area (Å²) < 4.78 is 0. The summed E-state index contributed by atoms with van der Waals surface area (Å²) >= 11 is 0. The minimum atomic E-state index is 0. The smallest absolute Gasteiger partial charge is 0.0195 e. The first-order chi connectivity index (χ1) is 21.3. The van der Waals surface area contributed by atoms with Crippen molar-refractivity contribution in [3.63, 3.8) is 0 Å². The summed E-state index contributed by atoms with van der Waals surface area (Å²) in [6, 6.07) is 30.1. The van der Waals surface area contributed by atoms with Crippen molar-refractivity contribution < 1.29 is 22.4 Å². The molecule has 4 aromatic rings. The zero-order chi connectivity index (χ0) is 33.3.